The standard InChI is InChI=1S/C25H30N8O2/c1-4-19-24(30-16-7-9-35-10-8-16)32-21-18(13-28-23(26)22(21)31-19)15-11-29-33(14-15)17-5-6-20(27-12-17)25(2,3)34/h5-6,11-14,16,34H,4,7-10H2,1-3H3,(H2,26,28)(H,30,32). The molecular weight excluding hydrogens is 444 g/mol. The molecule has 0 unspecified atom stereocenters. The number of pyridine rings is 2. The summed E-state index contributed by atoms with van der Waals surface area (Å²) in [6.07, 6.45) is 9.65. The van der Waals surface area contributed by atoms with Gasteiger partial charge in [-0.1, -0.05) is 6.92 Å². The highest BCUT2D eigenvalue weighted by Crippen LogP contribution is 2.31. The number of nitrogens with two attached hydrogens (primary N) is 1. The lowest BCUT2D eigenvalue weighted by molar-refractivity contribution is 0.0738. The van der Waals surface area contributed by atoms with Gasteiger partial charge in [0.05, 0.1) is 29.5 Å². The van der Waals surface area contributed by atoms with Gasteiger partial charge in [-0.15, -0.1) is 0 Å². The highest BCUT2D eigenvalue weighted by Gasteiger charge is 2.20. The normalized spacial score (nSPS) is 15.0. The maximum absolute atomic E-state index is 10.2. The lowest BCUT2D eigenvalue weighted by Crippen LogP contribution is -2.29. The molecule has 1 aliphatic heterocycles. The van der Waals surface area contributed by atoms with Crippen LogP contribution in [-0.2, 0) is 16.8 Å². The molecule has 5 heterocycles. The van der Waals surface area contributed by atoms with Crippen molar-refractivity contribution < 1.29 is 9.84 Å². The quantitative estimate of drug-likeness (QED) is 0.384. The van der Waals surface area contributed by atoms with Crippen molar-refractivity contribution in [2.75, 3.05) is 24.3 Å². The third-order valence-electron chi connectivity index (χ3n) is 6.23. The number of aliphatic hydroxyl groups is 1. The summed E-state index contributed by atoms with van der Waals surface area (Å²) >= 11 is 0. The molecule has 0 aliphatic carbocycles. The Bertz CT molecular complexity index is 1340. The van der Waals surface area contributed by atoms with Crippen molar-refractivity contribution in [1.82, 2.24) is 29.7 Å². The van der Waals surface area contributed by atoms with E-state index < -0.39 is 5.60 Å². The van der Waals surface area contributed by atoms with Gasteiger partial charge in [-0.25, -0.2) is 19.6 Å². The molecule has 0 saturated carbocycles. The van der Waals surface area contributed by atoms with E-state index >= 15 is 0 Å². The van der Waals surface area contributed by atoms with Crippen molar-refractivity contribution in [2.24, 2.45) is 0 Å². The third kappa shape index (κ3) is 4.67. The minimum Gasteiger partial charge on any atom is -0.384 e. The van der Waals surface area contributed by atoms with E-state index in [0.717, 1.165) is 60.8 Å². The van der Waals surface area contributed by atoms with Gasteiger partial charge < -0.3 is 20.9 Å². The molecule has 10 heteroatoms. The van der Waals surface area contributed by atoms with E-state index in [1.165, 1.54) is 0 Å². The smallest absolute Gasteiger partial charge is 0.151 e. The number of aromatic nitrogens is 6. The number of fused-ring (bicyclic) bond motifs is 1. The van der Waals surface area contributed by atoms with Gasteiger partial charge in [0.15, 0.2) is 5.82 Å². The van der Waals surface area contributed by atoms with E-state index in [9.17, 15) is 5.11 Å². The monoisotopic (exact) mass is 474 g/mol. The number of hydrogen-bond acceptors (Lipinski definition) is 9. The second-order valence-electron chi connectivity index (χ2n) is 9.29. The molecule has 1 saturated heterocycles. The van der Waals surface area contributed by atoms with E-state index in [1.54, 1.807) is 43.2 Å². The number of ether oxygens (including phenoxy) is 1. The van der Waals surface area contributed by atoms with E-state index in [-0.39, 0.29) is 0 Å². The fraction of sp³-hybridized carbons (Fsp3) is 0.400. The first kappa shape index (κ1) is 23.1. The number of rotatable bonds is 6. The zero-order valence-electron chi connectivity index (χ0n) is 20.2. The van der Waals surface area contributed by atoms with Crippen LogP contribution in [0, 0.1) is 0 Å². The Labute approximate surface area is 203 Å². The minimum absolute atomic E-state index is 0.297. The van der Waals surface area contributed by atoms with Crippen LogP contribution in [0.1, 0.15) is 45.0 Å². The molecule has 1 aliphatic rings. The lowest BCUT2D eigenvalue weighted by Gasteiger charge is -2.24. The van der Waals surface area contributed by atoms with E-state index in [2.05, 4.69) is 27.3 Å². The summed E-state index contributed by atoms with van der Waals surface area (Å²) in [5, 5.41) is 18.2. The van der Waals surface area contributed by atoms with Gasteiger partial charge in [0.2, 0.25) is 0 Å². The Balaban J connectivity index is 1.53. The fourth-order valence-corrected chi connectivity index (χ4v) is 4.19. The summed E-state index contributed by atoms with van der Waals surface area (Å²) in [6, 6.07) is 3.97. The molecule has 5 rings (SSSR count). The second-order valence-corrected chi connectivity index (χ2v) is 9.29. The van der Waals surface area contributed by atoms with Crippen LogP contribution in [0.4, 0.5) is 11.6 Å². The first-order valence-corrected chi connectivity index (χ1v) is 11.9. The van der Waals surface area contributed by atoms with Crippen LogP contribution in [0.5, 0.6) is 0 Å². The number of aryl methyl sites for hydroxylation is 1. The number of nitrogen functional groups attached to an aromatic ring is 1. The molecule has 4 aromatic heterocycles. The van der Waals surface area contributed by atoms with Gasteiger partial charge in [0, 0.05) is 42.8 Å². The second kappa shape index (κ2) is 9.20. The van der Waals surface area contributed by atoms with Gasteiger partial charge in [0.1, 0.15) is 22.5 Å². The van der Waals surface area contributed by atoms with Gasteiger partial charge in [-0.2, -0.15) is 5.10 Å². The first-order chi connectivity index (χ1) is 16.8. The summed E-state index contributed by atoms with van der Waals surface area (Å²) in [5.74, 6) is 1.12. The van der Waals surface area contributed by atoms with Crippen LogP contribution in [-0.4, -0.2) is 54.1 Å². The predicted molar refractivity (Wildman–Crippen MR) is 134 cm³/mol. The van der Waals surface area contributed by atoms with Crippen molar-refractivity contribution in [1.29, 1.82) is 0 Å². The molecule has 10 nitrogen and oxygen atoms in total. The average molecular weight is 475 g/mol. The maximum Gasteiger partial charge on any atom is 0.151 e. The van der Waals surface area contributed by atoms with Crippen LogP contribution in [0.2, 0.25) is 0 Å². The molecule has 182 valence electrons. The number of anilines is 2. The Morgan fingerprint density at radius 3 is 2.60 bits per heavy atom. The van der Waals surface area contributed by atoms with Crippen molar-refractivity contribution >= 4 is 22.7 Å². The molecule has 4 aromatic rings. The van der Waals surface area contributed by atoms with Crippen LogP contribution in [0.3, 0.4) is 0 Å². The van der Waals surface area contributed by atoms with E-state index in [0.29, 0.717) is 28.6 Å². The van der Waals surface area contributed by atoms with Gasteiger partial charge in [-0.05, 0) is 45.2 Å². The molecule has 35 heavy (non-hydrogen) atoms. The van der Waals surface area contributed by atoms with Crippen LogP contribution in [0.15, 0.2) is 36.9 Å². The fourth-order valence-electron chi connectivity index (χ4n) is 4.19. The first-order valence-electron chi connectivity index (χ1n) is 11.9. The number of nitrogens with one attached hydrogen (secondary N) is 1. The maximum atomic E-state index is 10.2. The van der Waals surface area contributed by atoms with Crippen molar-refractivity contribution in [2.45, 2.75) is 51.7 Å². The summed E-state index contributed by atoms with van der Waals surface area (Å²) in [7, 11) is 0. The Hall–Kier alpha value is -3.63. The molecule has 0 radical (unpaired) electrons. The van der Waals surface area contributed by atoms with E-state index in [1.807, 2.05) is 12.3 Å². The zero-order valence-corrected chi connectivity index (χ0v) is 20.2. The van der Waals surface area contributed by atoms with Gasteiger partial charge in [0.25, 0.3) is 0 Å². The highest BCUT2D eigenvalue weighted by atomic mass is 16.5. The van der Waals surface area contributed by atoms with Crippen LogP contribution >= 0.6 is 0 Å². The summed E-state index contributed by atoms with van der Waals surface area (Å²) < 4.78 is 7.22. The average Bonchev–Trinajstić information content (AvgIpc) is 3.34. The van der Waals surface area contributed by atoms with Crippen molar-refractivity contribution in [3.63, 3.8) is 0 Å². The molecule has 0 amide bonds. The SMILES string of the molecule is CCc1nc2c(N)ncc(-c3cnn(-c4ccc(C(C)(C)O)nc4)c3)c2nc1NC1CCOCC1. The molecule has 0 aromatic carbocycles. The Kier molecular flexibility index (Phi) is 6.08. The van der Waals surface area contributed by atoms with Crippen molar-refractivity contribution in [3.8, 4) is 16.8 Å². The Morgan fingerprint density at radius 1 is 1.11 bits per heavy atom. The predicted octanol–water partition coefficient (Wildman–Crippen LogP) is 3.24. The zero-order chi connectivity index (χ0) is 24.6. The summed E-state index contributed by atoms with van der Waals surface area (Å²) in [5.41, 5.74) is 10.3. The van der Waals surface area contributed by atoms with E-state index in [4.69, 9.17) is 20.4 Å². The van der Waals surface area contributed by atoms with Gasteiger partial charge in [-0.3, -0.25) is 4.98 Å². The Morgan fingerprint density at radius 2 is 1.91 bits per heavy atom. The van der Waals surface area contributed by atoms with Crippen molar-refractivity contribution in [3.05, 3.63) is 48.3 Å². The molecule has 4 N–H and O–H groups in total. The summed E-state index contributed by atoms with van der Waals surface area (Å²) in [6.45, 7) is 6.95. The molecule has 0 spiro atoms. The number of nitrogens with zero attached hydrogens (tertiary/aromatic N) is 6. The molecule has 0 bridgehead atoms. The summed E-state index contributed by atoms with van der Waals surface area (Å²) in [4.78, 5) is 18.6. The topological polar surface area (TPSA) is 137 Å². The largest absolute Gasteiger partial charge is 0.384 e. The van der Waals surface area contributed by atoms with Gasteiger partial charge >= 0.3 is 0 Å². The highest BCUT2D eigenvalue weighted by molar-refractivity contribution is 5.96. The van der Waals surface area contributed by atoms with Crippen LogP contribution < -0.4 is 11.1 Å². The third-order valence-corrected chi connectivity index (χ3v) is 6.23. The number of hydrogen-bond donors (Lipinski definition) is 3. The molecule has 1 fully saturated rings. The minimum atomic E-state index is -1.01. The van der Waals surface area contributed by atoms with Crippen LogP contribution in [0.25, 0.3) is 27.8 Å². The molecule has 0 atom stereocenters. The molecular formula is C25H30N8O2. The lowest BCUT2D eigenvalue weighted by atomic mass is 10.1.